The number of aryl methyl sites for hydroxylation is 2. The maximum atomic E-state index is 4.61. The molecule has 26 heavy (non-hydrogen) atoms. The van der Waals surface area contributed by atoms with Gasteiger partial charge in [-0.05, 0) is 86.8 Å². The van der Waals surface area contributed by atoms with Crippen molar-refractivity contribution in [2.45, 2.75) is 45.6 Å². The van der Waals surface area contributed by atoms with Gasteiger partial charge in [-0.1, -0.05) is 48.9 Å². The largest absolute Gasteiger partial charge is 0.305 e. The van der Waals surface area contributed by atoms with E-state index in [0.717, 1.165) is 23.4 Å². The fourth-order valence-corrected chi connectivity index (χ4v) is 3.79. The smallest absolute Gasteiger partial charge is 0.0234 e. The number of hydrogen-bond donors (Lipinski definition) is 1. The van der Waals surface area contributed by atoms with E-state index in [4.69, 9.17) is 0 Å². The number of allylic oxidation sites excluding steroid dienone is 3. The van der Waals surface area contributed by atoms with E-state index in [2.05, 4.69) is 102 Å². The van der Waals surface area contributed by atoms with Crippen molar-refractivity contribution >= 4 is 23.8 Å². The summed E-state index contributed by atoms with van der Waals surface area (Å²) in [6.45, 7) is 14.1. The van der Waals surface area contributed by atoms with Crippen LogP contribution in [-0.2, 0) is 6.54 Å². The van der Waals surface area contributed by atoms with E-state index >= 15 is 0 Å². The first-order valence-electron chi connectivity index (χ1n) is 9.18. The summed E-state index contributed by atoms with van der Waals surface area (Å²) in [5.74, 6) is 0. The number of rotatable bonds is 6. The molecule has 2 rings (SSSR count). The van der Waals surface area contributed by atoms with Gasteiger partial charge in [-0.25, -0.2) is 0 Å². The third-order valence-corrected chi connectivity index (χ3v) is 5.02. The molecular formula is C24H31NS. The van der Waals surface area contributed by atoms with Crippen molar-refractivity contribution in [2.75, 3.05) is 14.1 Å². The fourth-order valence-electron chi connectivity index (χ4n) is 3.44. The molecule has 1 nitrogen and oxygen atoms in total. The predicted octanol–water partition coefficient (Wildman–Crippen LogP) is 6.55. The Balaban J connectivity index is 2.72. The van der Waals surface area contributed by atoms with E-state index in [1.54, 1.807) is 0 Å². The third kappa shape index (κ3) is 4.69. The summed E-state index contributed by atoms with van der Waals surface area (Å²) in [6.07, 6.45) is 1.00. The quantitative estimate of drug-likeness (QED) is 0.449. The monoisotopic (exact) mass is 365 g/mol. The first-order chi connectivity index (χ1) is 12.2. The highest BCUT2D eigenvalue weighted by Crippen LogP contribution is 2.38. The second kappa shape index (κ2) is 8.75. The molecule has 0 aliphatic carbocycles. The second-order valence-corrected chi connectivity index (χ2v) is 7.91. The van der Waals surface area contributed by atoms with Crippen molar-refractivity contribution in [1.29, 1.82) is 0 Å². The molecule has 0 atom stereocenters. The van der Waals surface area contributed by atoms with Crippen molar-refractivity contribution in [2.24, 2.45) is 0 Å². The molecule has 0 saturated heterocycles. The van der Waals surface area contributed by atoms with Crippen LogP contribution in [0.4, 0.5) is 0 Å². The van der Waals surface area contributed by atoms with Crippen molar-refractivity contribution in [1.82, 2.24) is 4.90 Å². The number of benzene rings is 2. The summed E-state index contributed by atoms with van der Waals surface area (Å²) in [5, 5.41) is 0. The molecule has 2 heteroatoms. The molecule has 138 valence electrons. The van der Waals surface area contributed by atoms with Gasteiger partial charge in [0.1, 0.15) is 0 Å². The molecule has 0 fully saturated rings. The van der Waals surface area contributed by atoms with E-state index in [1.165, 1.54) is 39.0 Å². The lowest BCUT2D eigenvalue weighted by molar-refractivity contribution is 0.401. The number of nitrogens with zero attached hydrogens (tertiary/aromatic N) is 1. The van der Waals surface area contributed by atoms with E-state index in [9.17, 15) is 0 Å². The minimum absolute atomic E-state index is 0.881. The highest BCUT2D eigenvalue weighted by molar-refractivity contribution is 7.80. The highest BCUT2D eigenvalue weighted by Gasteiger charge is 2.18. The Labute approximate surface area is 164 Å². The molecule has 0 bridgehead atoms. The predicted molar refractivity (Wildman–Crippen MR) is 119 cm³/mol. The maximum absolute atomic E-state index is 4.61. The Hall–Kier alpha value is -1.77. The summed E-state index contributed by atoms with van der Waals surface area (Å²) < 4.78 is 0. The van der Waals surface area contributed by atoms with Crippen molar-refractivity contribution in [3.8, 4) is 0 Å². The van der Waals surface area contributed by atoms with E-state index < -0.39 is 0 Å². The van der Waals surface area contributed by atoms with Crippen molar-refractivity contribution in [3.05, 3.63) is 76.4 Å². The average Bonchev–Trinajstić information content (AvgIpc) is 2.56. The van der Waals surface area contributed by atoms with Gasteiger partial charge in [-0.2, -0.15) is 0 Å². The van der Waals surface area contributed by atoms with Crippen LogP contribution in [0, 0.1) is 13.8 Å². The molecule has 0 spiro atoms. The Morgan fingerprint density at radius 2 is 1.81 bits per heavy atom. The Kier molecular flexibility index (Phi) is 6.91. The SMILES string of the molecule is C=C(/C(=C(/C)CC)c1c(C)cc(S)cc1CN(C)C)c1cccc(C)c1. The van der Waals surface area contributed by atoms with Gasteiger partial charge < -0.3 is 4.90 Å². The summed E-state index contributed by atoms with van der Waals surface area (Å²) >= 11 is 4.61. The van der Waals surface area contributed by atoms with Crippen LogP contribution < -0.4 is 0 Å². The lowest BCUT2D eigenvalue weighted by Crippen LogP contribution is -2.13. The van der Waals surface area contributed by atoms with Gasteiger partial charge >= 0.3 is 0 Å². The van der Waals surface area contributed by atoms with Crippen molar-refractivity contribution < 1.29 is 0 Å². The standard InChI is InChI=1S/C24H31NS/c1-8-17(3)23(19(5)20-11-9-10-16(2)12-20)24-18(4)13-22(26)14-21(24)15-25(6)7/h9-14,26H,5,8,15H2,1-4,6-7H3/b23-17+. The normalized spacial score (nSPS) is 12.3. The summed E-state index contributed by atoms with van der Waals surface area (Å²) in [5.41, 5.74) is 10.1. The zero-order valence-electron chi connectivity index (χ0n) is 17.0. The summed E-state index contributed by atoms with van der Waals surface area (Å²) in [7, 11) is 4.21. The van der Waals surface area contributed by atoms with Gasteiger partial charge in [0.15, 0.2) is 0 Å². The zero-order chi connectivity index (χ0) is 19.4. The van der Waals surface area contributed by atoms with Gasteiger partial charge in [-0.15, -0.1) is 12.6 Å². The second-order valence-electron chi connectivity index (χ2n) is 7.39. The molecule has 0 saturated carbocycles. The van der Waals surface area contributed by atoms with Gasteiger partial charge in [0.05, 0.1) is 0 Å². The van der Waals surface area contributed by atoms with Gasteiger partial charge in [0.2, 0.25) is 0 Å². The van der Waals surface area contributed by atoms with Crippen LogP contribution >= 0.6 is 12.6 Å². The van der Waals surface area contributed by atoms with E-state index in [-0.39, 0.29) is 0 Å². The van der Waals surface area contributed by atoms with Crippen molar-refractivity contribution in [3.63, 3.8) is 0 Å². The average molecular weight is 366 g/mol. The highest BCUT2D eigenvalue weighted by atomic mass is 32.1. The minimum Gasteiger partial charge on any atom is -0.305 e. The Bertz CT molecular complexity index is 843. The van der Waals surface area contributed by atoms with Crippen LogP contribution in [0.2, 0.25) is 0 Å². The van der Waals surface area contributed by atoms with Crippen LogP contribution in [-0.4, -0.2) is 19.0 Å². The molecular weight excluding hydrogens is 334 g/mol. The molecule has 0 N–H and O–H groups in total. The number of hydrogen-bond acceptors (Lipinski definition) is 2. The molecule has 0 aliphatic heterocycles. The molecule has 0 heterocycles. The molecule has 0 unspecified atom stereocenters. The Morgan fingerprint density at radius 3 is 2.38 bits per heavy atom. The van der Waals surface area contributed by atoms with E-state index in [1.807, 2.05) is 0 Å². The Morgan fingerprint density at radius 1 is 1.12 bits per heavy atom. The van der Waals surface area contributed by atoms with Gasteiger partial charge in [0, 0.05) is 11.4 Å². The molecule has 0 aromatic heterocycles. The molecule has 2 aromatic carbocycles. The lowest BCUT2D eigenvalue weighted by Gasteiger charge is -2.23. The number of thiol groups is 1. The van der Waals surface area contributed by atoms with Crippen LogP contribution in [0.15, 0.2) is 53.4 Å². The summed E-state index contributed by atoms with van der Waals surface area (Å²) in [6, 6.07) is 13.0. The molecule has 2 aromatic rings. The van der Waals surface area contributed by atoms with E-state index in [0.29, 0.717) is 0 Å². The fraction of sp³-hybridized carbons (Fsp3) is 0.333. The van der Waals surface area contributed by atoms with Crippen LogP contribution in [0.3, 0.4) is 0 Å². The molecule has 0 aliphatic rings. The zero-order valence-corrected chi connectivity index (χ0v) is 17.9. The maximum Gasteiger partial charge on any atom is 0.0234 e. The molecule has 0 amide bonds. The third-order valence-electron chi connectivity index (χ3n) is 4.76. The molecule has 0 radical (unpaired) electrons. The van der Waals surface area contributed by atoms with Gasteiger partial charge in [-0.3, -0.25) is 0 Å². The topological polar surface area (TPSA) is 3.24 Å². The summed E-state index contributed by atoms with van der Waals surface area (Å²) in [4.78, 5) is 3.22. The van der Waals surface area contributed by atoms with Crippen LogP contribution in [0.25, 0.3) is 11.1 Å². The first kappa shape index (κ1) is 20.5. The van der Waals surface area contributed by atoms with Crippen LogP contribution in [0.5, 0.6) is 0 Å². The minimum atomic E-state index is 0.881. The lowest BCUT2D eigenvalue weighted by atomic mass is 9.84. The first-order valence-corrected chi connectivity index (χ1v) is 9.63. The van der Waals surface area contributed by atoms with Gasteiger partial charge in [0.25, 0.3) is 0 Å². The van der Waals surface area contributed by atoms with Crippen LogP contribution in [0.1, 0.15) is 48.1 Å².